The van der Waals surface area contributed by atoms with E-state index in [0.29, 0.717) is 24.1 Å². The predicted molar refractivity (Wildman–Crippen MR) is 168 cm³/mol. The number of carbonyl (C=O) groups excluding carboxylic acids is 1. The number of nitrogens with zero attached hydrogens (tertiary/aromatic N) is 2. The van der Waals surface area contributed by atoms with E-state index in [1.54, 1.807) is 18.9 Å². The molecule has 1 saturated heterocycles. The third-order valence-electron chi connectivity index (χ3n) is 7.49. The Balaban J connectivity index is 1.39. The number of amides is 1. The van der Waals surface area contributed by atoms with E-state index in [2.05, 4.69) is 62.8 Å². The van der Waals surface area contributed by atoms with Gasteiger partial charge in [-0.2, -0.15) is 0 Å². The third-order valence-corrected chi connectivity index (χ3v) is 9.80. The van der Waals surface area contributed by atoms with E-state index in [0.717, 1.165) is 51.4 Å². The van der Waals surface area contributed by atoms with Crippen LogP contribution in [0.5, 0.6) is 11.5 Å². The van der Waals surface area contributed by atoms with Gasteiger partial charge in [0.05, 0.1) is 22.5 Å². The number of benzene rings is 2. The monoisotopic (exact) mass is 708 g/mol. The number of halogens is 2. The van der Waals surface area contributed by atoms with Gasteiger partial charge >= 0.3 is 0 Å². The lowest BCUT2D eigenvalue weighted by molar-refractivity contribution is -0.124. The van der Waals surface area contributed by atoms with Crippen LogP contribution in [0.15, 0.2) is 50.8 Å². The molecule has 1 amide bonds. The van der Waals surface area contributed by atoms with Crippen molar-refractivity contribution >= 4 is 67.4 Å². The van der Waals surface area contributed by atoms with Crippen molar-refractivity contribution in [2.45, 2.75) is 82.9 Å². The van der Waals surface area contributed by atoms with E-state index in [4.69, 9.17) is 14.5 Å². The summed E-state index contributed by atoms with van der Waals surface area (Å²) in [7, 11) is 1.64. The maximum atomic E-state index is 13.7. The Bertz CT molecular complexity index is 1200. The number of hydrogen-bond donors (Lipinski definition) is 0. The lowest BCUT2D eigenvalue weighted by atomic mass is 9.94. The van der Waals surface area contributed by atoms with Crippen molar-refractivity contribution in [2.75, 3.05) is 7.11 Å². The molecule has 0 spiro atoms. The molecule has 1 heterocycles. The molecule has 202 valence electrons. The summed E-state index contributed by atoms with van der Waals surface area (Å²) in [5.41, 5.74) is 1.99. The summed E-state index contributed by atoms with van der Waals surface area (Å²) in [5, 5.41) is 0.906. The second kappa shape index (κ2) is 13.2. The zero-order valence-electron chi connectivity index (χ0n) is 21.8. The molecule has 2 aromatic rings. The number of methoxy groups -OCH3 is 1. The zero-order valence-corrected chi connectivity index (χ0v) is 26.3. The smallest absolute Gasteiger partial charge is 0.266 e. The van der Waals surface area contributed by atoms with Crippen LogP contribution in [0.3, 0.4) is 0 Å². The Hall–Kier alpha value is -1.52. The van der Waals surface area contributed by atoms with Crippen molar-refractivity contribution in [3.8, 4) is 11.5 Å². The average Bonchev–Trinajstić information content (AvgIpc) is 3.23. The molecular weight excluding hydrogens is 675 g/mol. The number of ether oxygens (including phenoxy) is 2. The van der Waals surface area contributed by atoms with Crippen LogP contribution in [-0.4, -0.2) is 35.2 Å². The molecule has 0 bridgehead atoms. The molecule has 0 atom stereocenters. The maximum absolute atomic E-state index is 13.7. The Kier molecular flexibility index (Phi) is 9.75. The van der Waals surface area contributed by atoms with Crippen LogP contribution in [0.4, 0.5) is 0 Å². The number of hydrogen-bond acceptors (Lipinski definition) is 5. The van der Waals surface area contributed by atoms with E-state index < -0.39 is 0 Å². The second-order valence-corrected chi connectivity index (χ2v) is 13.3. The standard InChI is InChI=1S/C30H34BrIN2O3S/c1-36-26-17-21(16-25(31)28(26)37-19-20-12-14-22(32)15-13-20)18-27-29(35)34(24-10-6-3-7-11-24)30(38-27)33-23-8-4-2-5-9-23/h12-18,23-24H,2-11,19H2,1H3. The van der Waals surface area contributed by atoms with E-state index in [-0.39, 0.29) is 11.9 Å². The molecule has 2 aliphatic carbocycles. The Morgan fingerprint density at radius 3 is 2.42 bits per heavy atom. The van der Waals surface area contributed by atoms with Gasteiger partial charge in [0, 0.05) is 9.61 Å². The van der Waals surface area contributed by atoms with Crippen molar-refractivity contribution in [3.63, 3.8) is 0 Å². The zero-order chi connectivity index (χ0) is 26.5. The Morgan fingerprint density at radius 2 is 1.74 bits per heavy atom. The van der Waals surface area contributed by atoms with Crippen molar-refractivity contribution in [1.29, 1.82) is 0 Å². The van der Waals surface area contributed by atoms with Crippen molar-refractivity contribution in [3.05, 3.63) is 60.5 Å². The fourth-order valence-corrected chi connectivity index (χ4v) is 7.50. The Morgan fingerprint density at radius 1 is 1.05 bits per heavy atom. The van der Waals surface area contributed by atoms with E-state index in [9.17, 15) is 4.79 Å². The van der Waals surface area contributed by atoms with Gasteiger partial charge in [-0.3, -0.25) is 14.7 Å². The van der Waals surface area contributed by atoms with Gasteiger partial charge in [-0.15, -0.1) is 0 Å². The molecule has 5 nitrogen and oxygen atoms in total. The fraction of sp³-hybridized carbons (Fsp3) is 0.467. The fourth-order valence-electron chi connectivity index (χ4n) is 5.45. The average molecular weight is 709 g/mol. The van der Waals surface area contributed by atoms with Crippen LogP contribution in [-0.2, 0) is 11.4 Å². The molecule has 2 aromatic carbocycles. The van der Waals surface area contributed by atoms with Crippen molar-refractivity contribution < 1.29 is 14.3 Å². The van der Waals surface area contributed by atoms with Crippen LogP contribution >= 0.6 is 50.3 Å². The number of amidine groups is 1. The van der Waals surface area contributed by atoms with Gasteiger partial charge in [-0.25, -0.2) is 0 Å². The molecule has 38 heavy (non-hydrogen) atoms. The summed E-state index contributed by atoms with van der Waals surface area (Å²) in [6, 6.07) is 12.8. The van der Waals surface area contributed by atoms with E-state index >= 15 is 0 Å². The topological polar surface area (TPSA) is 51.1 Å². The van der Waals surface area contributed by atoms with Crippen LogP contribution in [0.2, 0.25) is 0 Å². The SMILES string of the molecule is COc1cc(C=C2SC(=NC3CCCCC3)N(C3CCCCC3)C2=O)cc(Br)c1OCc1ccc(I)cc1. The van der Waals surface area contributed by atoms with Gasteiger partial charge in [0.1, 0.15) is 6.61 Å². The Labute approximate surface area is 252 Å². The molecule has 0 N–H and O–H groups in total. The predicted octanol–water partition coefficient (Wildman–Crippen LogP) is 8.58. The number of thioether (sulfide) groups is 1. The third kappa shape index (κ3) is 6.78. The first kappa shape index (κ1) is 28.0. The number of rotatable bonds is 7. The van der Waals surface area contributed by atoms with Gasteiger partial charge in [0.15, 0.2) is 16.7 Å². The number of carbonyl (C=O) groups is 1. The highest BCUT2D eigenvalue weighted by Crippen LogP contribution is 2.41. The van der Waals surface area contributed by atoms with Gasteiger partial charge in [0.25, 0.3) is 5.91 Å². The molecule has 0 radical (unpaired) electrons. The lowest BCUT2D eigenvalue weighted by Gasteiger charge is -2.31. The molecule has 8 heteroatoms. The minimum Gasteiger partial charge on any atom is -0.493 e. The summed E-state index contributed by atoms with van der Waals surface area (Å²) in [5.74, 6) is 1.37. The molecule has 0 unspecified atom stereocenters. The van der Waals surface area contributed by atoms with Crippen LogP contribution in [0.25, 0.3) is 6.08 Å². The summed E-state index contributed by atoms with van der Waals surface area (Å²) in [6.45, 7) is 0.442. The first-order chi connectivity index (χ1) is 18.5. The van der Waals surface area contributed by atoms with Gasteiger partial charge in [-0.1, -0.05) is 50.7 Å². The molecule has 5 rings (SSSR count). The lowest BCUT2D eigenvalue weighted by Crippen LogP contribution is -2.41. The number of aliphatic imine (C=N–C) groups is 1. The maximum Gasteiger partial charge on any atom is 0.266 e. The largest absolute Gasteiger partial charge is 0.493 e. The summed E-state index contributed by atoms with van der Waals surface area (Å²) in [6.07, 6.45) is 13.8. The summed E-state index contributed by atoms with van der Waals surface area (Å²) >= 11 is 7.52. The normalized spacial score (nSPS) is 21.4. The van der Waals surface area contributed by atoms with Gasteiger partial charge in [-0.05, 0) is 117 Å². The molecule has 3 fully saturated rings. The quantitative estimate of drug-likeness (QED) is 0.214. The van der Waals surface area contributed by atoms with Crippen LogP contribution < -0.4 is 9.47 Å². The van der Waals surface area contributed by atoms with Crippen molar-refractivity contribution in [2.24, 2.45) is 4.99 Å². The molecular formula is C30H34BrIN2O3S. The molecule has 0 aromatic heterocycles. The minimum absolute atomic E-state index is 0.0885. The van der Waals surface area contributed by atoms with E-state index in [1.807, 2.05) is 23.1 Å². The highest BCUT2D eigenvalue weighted by atomic mass is 127. The first-order valence-corrected chi connectivity index (χ1v) is 16.3. The highest BCUT2D eigenvalue weighted by Gasteiger charge is 2.39. The minimum atomic E-state index is 0.0885. The first-order valence-electron chi connectivity index (χ1n) is 13.6. The van der Waals surface area contributed by atoms with E-state index in [1.165, 1.54) is 42.1 Å². The highest BCUT2D eigenvalue weighted by molar-refractivity contribution is 14.1. The van der Waals surface area contributed by atoms with Gasteiger partial charge < -0.3 is 9.47 Å². The second-order valence-electron chi connectivity index (χ2n) is 10.2. The summed E-state index contributed by atoms with van der Waals surface area (Å²) < 4.78 is 13.8. The van der Waals surface area contributed by atoms with Gasteiger partial charge in [0.2, 0.25) is 0 Å². The van der Waals surface area contributed by atoms with Crippen molar-refractivity contribution in [1.82, 2.24) is 4.90 Å². The van der Waals surface area contributed by atoms with Crippen LogP contribution in [0.1, 0.15) is 75.3 Å². The molecule has 2 saturated carbocycles. The van der Waals surface area contributed by atoms with Crippen LogP contribution in [0, 0.1) is 3.57 Å². The molecule has 1 aliphatic heterocycles. The summed E-state index contributed by atoms with van der Waals surface area (Å²) in [4.78, 5) is 21.6. The molecule has 3 aliphatic rings.